The fourth-order valence-corrected chi connectivity index (χ4v) is 1.37. The Kier molecular flexibility index (Phi) is 3.25. The molecule has 0 saturated heterocycles. The number of alkyl halides is 1. The van der Waals surface area contributed by atoms with Crippen LogP contribution in [0.3, 0.4) is 0 Å². The third kappa shape index (κ3) is 1.98. The third-order valence-corrected chi connectivity index (χ3v) is 2.05. The number of hydrogen-bond donors (Lipinski definition) is 2. The molecule has 0 aliphatic carbocycles. The monoisotopic (exact) mass is 200 g/mol. The van der Waals surface area contributed by atoms with Crippen LogP contribution in [-0.4, -0.2) is 6.61 Å². The molecule has 0 aliphatic rings. The van der Waals surface area contributed by atoms with E-state index in [1.807, 2.05) is 6.92 Å². The van der Waals surface area contributed by atoms with Crippen LogP contribution in [0.15, 0.2) is 12.1 Å². The van der Waals surface area contributed by atoms with Crippen LogP contribution >= 0.6 is 11.6 Å². The van der Waals surface area contributed by atoms with E-state index < -0.39 is 0 Å². The van der Waals surface area contributed by atoms with Crippen LogP contribution in [0.1, 0.15) is 12.5 Å². The summed E-state index contributed by atoms with van der Waals surface area (Å²) in [7, 11) is 0. The van der Waals surface area contributed by atoms with Crippen LogP contribution in [0.25, 0.3) is 0 Å². The van der Waals surface area contributed by atoms with Gasteiger partial charge in [0.05, 0.1) is 23.9 Å². The molecule has 0 saturated carbocycles. The van der Waals surface area contributed by atoms with E-state index >= 15 is 0 Å². The molecule has 72 valence electrons. The molecule has 0 heterocycles. The molecule has 4 heteroatoms. The van der Waals surface area contributed by atoms with Gasteiger partial charge in [-0.2, -0.15) is 0 Å². The summed E-state index contributed by atoms with van der Waals surface area (Å²) in [5, 5.41) is 0. The van der Waals surface area contributed by atoms with Gasteiger partial charge in [0.15, 0.2) is 0 Å². The van der Waals surface area contributed by atoms with Crippen molar-refractivity contribution in [2.75, 3.05) is 18.1 Å². The Morgan fingerprint density at radius 2 is 2.08 bits per heavy atom. The van der Waals surface area contributed by atoms with Crippen molar-refractivity contribution < 1.29 is 4.74 Å². The van der Waals surface area contributed by atoms with Gasteiger partial charge >= 0.3 is 0 Å². The fourth-order valence-electron chi connectivity index (χ4n) is 1.09. The van der Waals surface area contributed by atoms with E-state index in [1.54, 1.807) is 12.1 Å². The largest absolute Gasteiger partial charge is 0.493 e. The first-order valence-corrected chi connectivity index (χ1v) is 4.59. The molecule has 1 aromatic carbocycles. The molecule has 0 bridgehead atoms. The zero-order valence-corrected chi connectivity index (χ0v) is 8.27. The van der Waals surface area contributed by atoms with E-state index in [0.717, 1.165) is 5.56 Å². The van der Waals surface area contributed by atoms with Gasteiger partial charge in [-0.15, -0.1) is 11.6 Å². The van der Waals surface area contributed by atoms with Gasteiger partial charge in [0.25, 0.3) is 0 Å². The van der Waals surface area contributed by atoms with Crippen molar-refractivity contribution in [3.8, 4) is 5.75 Å². The summed E-state index contributed by atoms with van der Waals surface area (Å²) < 4.78 is 5.34. The summed E-state index contributed by atoms with van der Waals surface area (Å²) in [6.45, 7) is 2.50. The smallest absolute Gasteiger partial charge is 0.125 e. The van der Waals surface area contributed by atoms with E-state index in [2.05, 4.69) is 0 Å². The minimum absolute atomic E-state index is 0.312. The van der Waals surface area contributed by atoms with Crippen molar-refractivity contribution in [1.29, 1.82) is 0 Å². The van der Waals surface area contributed by atoms with Crippen LogP contribution < -0.4 is 16.2 Å². The standard InChI is InChI=1S/C9H13ClN2O/c1-2-13-8-4-3-7(11)9(12)6(8)5-10/h3-4H,2,5,11-12H2,1H3. The molecule has 0 spiro atoms. The summed E-state index contributed by atoms with van der Waals surface area (Å²) in [6, 6.07) is 3.50. The average Bonchev–Trinajstić information content (AvgIpc) is 2.12. The van der Waals surface area contributed by atoms with Crippen molar-refractivity contribution in [1.82, 2.24) is 0 Å². The van der Waals surface area contributed by atoms with Gasteiger partial charge in [0.2, 0.25) is 0 Å². The molecule has 1 aromatic rings. The van der Waals surface area contributed by atoms with E-state index in [4.69, 9.17) is 27.8 Å². The van der Waals surface area contributed by atoms with Gasteiger partial charge in [0, 0.05) is 5.56 Å². The Hall–Kier alpha value is -1.09. The Morgan fingerprint density at radius 3 is 2.62 bits per heavy atom. The second-order valence-electron chi connectivity index (χ2n) is 2.61. The maximum absolute atomic E-state index is 5.73. The molecule has 0 atom stereocenters. The molecule has 0 unspecified atom stereocenters. The van der Waals surface area contributed by atoms with E-state index in [0.29, 0.717) is 29.6 Å². The quantitative estimate of drug-likeness (QED) is 0.580. The topological polar surface area (TPSA) is 61.3 Å². The minimum Gasteiger partial charge on any atom is -0.493 e. The molecule has 0 fully saturated rings. The molecular formula is C9H13ClN2O. The average molecular weight is 201 g/mol. The van der Waals surface area contributed by atoms with Gasteiger partial charge < -0.3 is 16.2 Å². The lowest BCUT2D eigenvalue weighted by Gasteiger charge is -2.11. The van der Waals surface area contributed by atoms with Gasteiger partial charge in [-0.05, 0) is 19.1 Å². The summed E-state index contributed by atoms with van der Waals surface area (Å²) in [6.07, 6.45) is 0. The normalized spacial score (nSPS) is 10.0. The van der Waals surface area contributed by atoms with Gasteiger partial charge in [0.1, 0.15) is 5.75 Å². The Morgan fingerprint density at radius 1 is 1.38 bits per heavy atom. The zero-order valence-electron chi connectivity index (χ0n) is 7.51. The molecule has 0 aliphatic heterocycles. The van der Waals surface area contributed by atoms with Crippen molar-refractivity contribution in [2.45, 2.75) is 12.8 Å². The molecule has 0 aromatic heterocycles. The van der Waals surface area contributed by atoms with E-state index in [1.165, 1.54) is 0 Å². The van der Waals surface area contributed by atoms with Crippen molar-refractivity contribution in [3.63, 3.8) is 0 Å². The lowest BCUT2D eigenvalue weighted by atomic mass is 10.1. The van der Waals surface area contributed by atoms with Crippen LogP contribution in [-0.2, 0) is 5.88 Å². The Bertz CT molecular complexity index is 302. The van der Waals surface area contributed by atoms with Crippen LogP contribution in [0.5, 0.6) is 5.75 Å². The second-order valence-corrected chi connectivity index (χ2v) is 2.88. The first kappa shape index (κ1) is 9.99. The van der Waals surface area contributed by atoms with Crippen molar-refractivity contribution in [2.24, 2.45) is 0 Å². The van der Waals surface area contributed by atoms with Gasteiger partial charge in [-0.25, -0.2) is 0 Å². The maximum atomic E-state index is 5.73. The van der Waals surface area contributed by atoms with Crippen LogP contribution in [0.4, 0.5) is 11.4 Å². The summed E-state index contributed by atoms with van der Waals surface area (Å²) in [5.41, 5.74) is 13.2. The van der Waals surface area contributed by atoms with Gasteiger partial charge in [-0.1, -0.05) is 0 Å². The number of nitrogens with two attached hydrogens (primary N) is 2. The SMILES string of the molecule is CCOc1ccc(N)c(N)c1CCl. The van der Waals surface area contributed by atoms with Crippen molar-refractivity contribution in [3.05, 3.63) is 17.7 Å². The molecule has 0 radical (unpaired) electrons. The number of benzene rings is 1. The van der Waals surface area contributed by atoms with Crippen LogP contribution in [0, 0.1) is 0 Å². The molecule has 0 amide bonds. The predicted molar refractivity (Wildman–Crippen MR) is 56.0 cm³/mol. The summed E-state index contributed by atoms with van der Waals surface area (Å²) in [4.78, 5) is 0. The number of hydrogen-bond acceptors (Lipinski definition) is 3. The first-order chi connectivity index (χ1) is 6.20. The summed E-state index contributed by atoms with van der Waals surface area (Å²) in [5.74, 6) is 1.02. The first-order valence-electron chi connectivity index (χ1n) is 4.06. The van der Waals surface area contributed by atoms with Gasteiger partial charge in [-0.3, -0.25) is 0 Å². The number of anilines is 2. The Labute approximate surface area is 82.6 Å². The highest BCUT2D eigenvalue weighted by atomic mass is 35.5. The maximum Gasteiger partial charge on any atom is 0.125 e. The zero-order chi connectivity index (χ0) is 9.84. The molecule has 13 heavy (non-hydrogen) atoms. The Balaban J connectivity index is 3.13. The number of halogens is 1. The predicted octanol–water partition coefficient (Wildman–Crippen LogP) is 1.99. The van der Waals surface area contributed by atoms with E-state index in [-0.39, 0.29) is 0 Å². The highest BCUT2D eigenvalue weighted by Crippen LogP contribution is 2.30. The highest BCUT2D eigenvalue weighted by Gasteiger charge is 2.08. The molecular weight excluding hydrogens is 188 g/mol. The fraction of sp³-hybridized carbons (Fsp3) is 0.333. The van der Waals surface area contributed by atoms with Crippen LogP contribution in [0.2, 0.25) is 0 Å². The molecule has 3 nitrogen and oxygen atoms in total. The second kappa shape index (κ2) is 4.23. The lowest BCUT2D eigenvalue weighted by molar-refractivity contribution is 0.338. The number of ether oxygens (including phenoxy) is 1. The molecule has 1 rings (SSSR count). The van der Waals surface area contributed by atoms with Crippen molar-refractivity contribution >= 4 is 23.0 Å². The molecule has 4 N–H and O–H groups in total. The highest BCUT2D eigenvalue weighted by molar-refractivity contribution is 6.17. The number of nitrogen functional groups attached to an aromatic ring is 2. The lowest BCUT2D eigenvalue weighted by Crippen LogP contribution is -2.02. The number of rotatable bonds is 3. The minimum atomic E-state index is 0.312. The summed E-state index contributed by atoms with van der Waals surface area (Å²) >= 11 is 5.73. The third-order valence-electron chi connectivity index (χ3n) is 1.78. The van der Waals surface area contributed by atoms with E-state index in [9.17, 15) is 0 Å².